The molecule has 2 aromatic carbocycles. The van der Waals surface area contributed by atoms with Crippen LogP contribution in [0.4, 0.5) is 5.69 Å². The van der Waals surface area contributed by atoms with Gasteiger partial charge < -0.3 is 20.9 Å². The molecule has 31 heavy (non-hydrogen) atoms. The molecule has 2 aliphatic rings. The summed E-state index contributed by atoms with van der Waals surface area (Å²) in [5.74, 6) is -0.753. The Bertz CT molecular complexity index is 1010. The minimum absolute atomic E-state index is 0.151. The van der Waals surface area contributed by atoms with Gasteiger partial charge >= 0.3 is 0 Å². The third-order valence-electron chi connectivity index (χ3n) is 6.11. The highest BCUT2D eigenvalue weighted by Crippen LogP contribution is 2.25. The zero-order valence-corrected chi connectivity index (χ0v) is 17.9. The van der Waals surface area contributed by atoms with Crippen LogP contribution >= 0.6 is 0 Å². The first-order valence-electron chi connectivity index (χ1n) is 10.7. The SMILES string of the molecule is C[C@H](NC(=O)[C@H]1CCc2ccccc2N1)C(=O)N[C@@H]1C(=O)N(C)CCc2ccccc21. The highest BCUT2D eigenvalue weighted by molar-refractivity contribution is 5.94. The summed E-state index contributed by atoms with van der Waals surface area (Å²) < 4.78 is 0. The van der Waals surface area contributed by atoms with Gasteiger partial charge in [0.15, 0.2) is 0 Å². The number of aryl methyl sites for hydroxylation is 1. The van der Waals surface area contributed by atoms with Gasteiger partial charge in [0.2, 0.25) is 17.7 Å². The molecular formula is C24H28N4O3. The fourth-order valence-corrected chi connectivity index (χ4v) is 4.22. The van der Waals surface area contributed by atoms with Crippen LogP contribution in [0.3, 0.4) is 0 Å². The van der Waals surface area contributed by atoms with Crippen LogP contribution in [0.2, 0.25) is 0 Å². The van der Waals surface area contributed by atoms with Crippen molar-refractivity contribution in [3.8, 4) is 0 Å². The van der Waals surface area contributed by atoms with Crippen LogP contribution in [-0.2, 0) is 27.2 Å². The summed E-state index contributed by atoms with van der Waals surface area (Å²) >= 11 is 0. The third-order valence-corrected chi connectivity index (χ3v) is 6.11. The first-order chi connectivity index (χ1) is 14.9. The van der Waals surface area contributed by atoms with Gasteiger partial charge in [0.05, 0.1) is 0 Å². The van der Waals surface area contributed by atoms with Crippen LogP contribution in [0.1, 0.15) is 36.1 Å². The maximum atomic E-state index is 12.9. The van der Waals surface area contributed by atoms with E-state index < -0.39 is 18.1 Å². The van der Waals surface area contributed by atoms with E-state index in [1.807, 2.05) is 48.5 Å². The van der Waals surface area contributed by atoms with Gasteiger partial charge in [-0.2, -0.15) is 0 Å². The van der Waals surface area contributed by atoms with Crippen molar-refractivity contribution < 1.29 is 14.4 Å². The Kier molecular flexibility index (Phi) is 5.93. The minimum Gasteiger partial charge on any atom is -0.373 e. The summed E-state index contributed by atoms with van der Waals surface area (Å²) in [6.45, 7) is 2.24. The minimum atomic E-state index is -0.764. The molecule has 3 amide bonds. The van der Waals surface area contributed by atoms with E-state index in [1.165, 1.54) is 5.56 Å². The first kappa shape index (κ1) is 20.9. The second-order valence-corrected chi connectivity index (χ2v) is 8.27. The molecule has 3 N–H and O–H groups in total. The van der Waals surface area contributed by atoms with Gasteiger partial charge in [-0.3, -0.25) is 14.4 Å². The Morgan fingerprint density at radius 1 is 1.06 bits per heavy atom. The number of para-hydroxylation sites is 1. The lowest BCUT2D eigenvalue weighted by Gasteiger charge is -2.28. The van der Waals surface area contributed by atoms with Crippen molar-refractivity contribution in [2.45, 2.75) is 44.3 Å². The van der Waals surface area contributed by atoms with E-state index >= 15 is 0 Å². The standard InChI is InChI=1S/C24H28N4O3/c1-15(25-23(30)20-12-11-17-8-4-6-10-19(17)26-20)22(29)27-21-18-9-5-3-7-16(18)13-14-28(2)24(21)31/h3-10,15,20-21,26H,11-14H2,1-2H3,(H,25,30)(H,27,29)/t15-,20+,21-/m0/s1. The summed E-state index contributed by atoms with van der Waals surface area (Å²) in [7, 11) is 1.74. The Morgan fingerprint density at radius 3 is 2.58 bits per heavy atom. The molecule has 162 valence electrons. The number of anilines is 1. The summed E-state index contributed by atoms with van der Waals surface area (Å²) in [5.41, 5.74) is 4.00. The number of carbonyl (C=O) groups is 3. The number of nitrogens with zero attached hydrogens (tertiary/aromatic N) is 1. The molecule has 0 saturated heterocycles. The van der Waals surface area contributed by atoms with Gasteiger partial charge in [-0.25, -0.2) is 0 Å². The van der Waals surface area contributed by atoms with Gasteiger partial charge in [-0.1, -0.05) is 42.5 Å². The third kappa shape index (κ3) is 4.40. The van der Waals surface area contributed by atoms with Crippen molar-refractivity contribution in [2.75, 3.05) is 18.9 Å². The van der Waals surface area contributed by atoms with Gasteiger partial charge in [-0.15, -0.1) is 0 Å². The van der Waals surface area contributed by atoms with Crippen molar-refractivity contribution in [2.24, 2.45) is 0 Å². The number of hydrogen-bond acceptors (Lipinski definition) is 4. The molecule has 0 unspecified atom stereocenters. The van der Waals surface area contributed by atoms with E-state index in [-0.39, 0.29) is 17.7 Å². The van der Waals surface area contributed by atoms with Crippen molar-refractivity contribution >= 4 is 23.4 Å². The molecule has 7 heteroatoms. The van der Waals surface area contributed by atoms with E-state index in [1.54, 1.807) is 18.9 Å². The summed E-state index contributed by atoms with van der Waals surface area (Å²) in [6, 6.07) is 13.7. The van der Waals surface area contributed by atoms with Gasteiger partial charge in [0.1, 0.15) is 18.1 Å². The second-order valence-electron chi connectivity index (χ2n) is 8.27. The summed E-state index contributed by atoms with van der Waals surface area (Å²) in [6.07, 6.45) is 2.21. The fourth-order valence-electron chi connectivity index (χ4n) is 4.22. The van der Waals surface area contributed by atoms with E-state index in [4.69, 9.17) is 0 Å². The summed E-state index contributed by atoms with van der Waals surface area (Å²) in [5, 5.41) is 8.90. The monoisotopic (exact) mass is 420 g/mol. The number of carbonyl (C=O) groups excluding carboxylic acids is 3. The fraction of sp³-hybridized carbons (Fsp3) is 0.375. The molecule has 0 spiro atoms. The molecule has 2 heterocycles. The lowest BCUT2D eigenvalue weighted by atomic mass is 9.97. The number of likely N-dealkylation sites (N-methyl/N-ethyl adjacent to an activating group) is 1. The lowest BCUT2D eigenvalue weighted by molar-refractivity contribution is -0.136. The molecule has 2 aromatic rings. The van der Waals surface area contributed by atoms with Crippen molar-refractivity contribution in [3.05, 3.63) is 65.2 Å². The highest BCUT2D eigenvalue weighted by Gasteiger charge is 2.32. The average molecular weight is 421 g/mol. The van der Waals surface area contributed by atoms with Crippen molar-refractivity contribution in [1.82, 2.24) is 15.5 Å². The Balaban J connectivity index is 1.41. The molecule has 0 radical (unpaired) electrons. The molecule has 0 aliphatic carbocycles. The number of amides is 3. The Hall–Kier alpha value is -3.35. The van der Waals surface area contributed by atoms with Gasteiger partial charge in [-0.05, 0) is 48.9 Å². The van der Waals surface area contributed by atoms with Crippen LogP contribution in [0, 0.1) is 0 Å². The maximum absolute atomic E-state index is 12.9. The van der Waals surface area contributed by atoms with Crippen LogP contribution in [-0.4, -0.2) is 48.3 Å². The van der Waals surface area contributed by atoms with Crippen LogP contribution in [0.5, 0.6) is 0 Å². The molecule has 0 fully saturated rings. The summed E-state index contributed by atoms with van der Waals surface area (Å²) in [4.78, 5) is 40.1. The quantitative estimate of drug-likeness (QED) is 0.704. The molecule has 2 aliphatic heterocycles. The molecular weight excluding hydrogens is 392 g/mol. The molecule has 0 bridgehead atoms. The molecule has 0 aromatic heterocycles. The van der Waals surface area contributed by atoms with Crippen molar-refractivity contribution in [3.63, 3.8) is 0 Å². The van der Waals surface area contributed by atoms with E-state index in [2.05, 4.69) is 16.0 Å². The Labute approximate surface area is 182 Å². The van der Waals surface area contributed by atoms with Crippen molar-refractivity contribution in [1.29, 1.82) is 0 Å². The largest absolute Gasteiger partial charge is 0.373 e. The van der Waals surface area contributed by atoms with Gasteiger partial charge in [0, 0.05) is 19.3 Å². The predicted octanol–water partition coefficient (Wildman–Crippen LogP) is 1.79. The lowest BCUT2D eigenvalue weighted by Crippen LogP contribution is -2.52. The Morgan fingerprint density at radius 2 is 1.77 bits per heavy atom. The normalized spacial score (nSPS) is 21.1. The van der Waals surface area contributed by atoms with Crippen LogP contribution in [0.15, 0.2) is 48.5 Å². The zero-order chi connectivity index (χ0) is 22.0. The number of hydrogen-bond donors (Lipinski definition) is 3. The molecule has 7 nitrogen and oxygen atoms in total. The topological polar surface area (TPSA) is 90.5 Å². The molecule has 0 saturated carbocycles. The maximum Gasteiger partial charge on any atom is 0.249 e. The number of benzene rings is 2. The van der Waals surface area contributed by atoms with E-state index in [9.17, 15) is 14.4 Å². The number of nitrogens with one attached hydrogen (secondary N) is 3. The molecule has 3 atom stereocenters. The van der Waals surface area contributed by atoms with E-state index in [0.717, 1.165) is 29.7 Å². The average Bonchev–Trinajstić information content (AvgIpc) is 2.90. The molecule has 4 rings (SSSR count). The van der Waals surface area contributed by atoms with Crippen LogP contribution < -0.4 is 16.0 Å². The first-order valence-corrected chi connectivity index (χ1v) is 10.7. The van der Waals surface area contributed by atoms with E-state index in [0.29, 0.717) is 13.0 Å². The second kappa shape index (κ2) is 8.79. The highest BCUT2D eigenvalue weighted by atomic mass is 16.2. The zero-order valence-electron chi connectivity index (χ0n) is 17.9. The smallest absolute Gasteiger partial charge is 0.249 e. The van der Waals surface area contributed by atoms with Gasteiger partial charge in [0.25, 0.3) is 0 Å². The van der Waals surface area contributed by atoms with Crippen LogP contribution in [0.25, 0.3) is 0 Å². The number of fused-ring (bicyclic) bond motifs is 2. The predicted molar refractivity (Wildman–Crippen MR) is 118 cm³/mol. The number of rotatable bonds is 4.